The summed E-state index contributed by atoms with van der Waals surface area (Å²) in [6.07, 6.45) is 0. The quantitative estimate of drug-likeness (QED) is 0.883. The maximum Gasteiger partial charge on any atom is 0.159 e. The molecule has 0 atom stereocenters. The zero-order valence-corrected chi connectivity index (χ0v) is 12.2. The van der Waals surface area contributed by atoms with Crippen molar-refractivity contribution in [1.82, 2.24) is 4.90 Å². The largest absolute Gasteiger partial charge is 0.326 e. The molecule has 112 valence electrons. The number of hydrogen-bond donors (Lipinski definition) is 1. The van der Waals surface area contributed by atoms with E-state index in [9.17, 15) is 8.78 Å². The molecule has 0 bridgehead atoms. The summed E-state index contributed by atoms with van der Waals surface area (Å²) >= 11 is 0. The fourth-order valence-electron chi connectivity index (χ4n) is 2.33. The monoisotopic (exact) mass is 290 g/mol. The Morgan fingerprint density at radius 3 is 2.29 bits per heavy atom. The Kier molecular flexibility index (Phi) is 5.42. The van der Waals surface area contributed by atoms with Gasteiger partial charge in [-0.15, -0.1) is 0 Å². The molecule has 0 saturated carbocycles. The van der Waals surface area contributed by atoms with E-state index < -0.39 is 11.6 Å². The van der Waals surface area contributed by atoms with Gasteiger partial charge in [-0.2, -0.15) is 0 Å². The Bertz CT molecular complexity index is 599. The number of rotatable bonds is 6. The number of benzene rings is 2. The van der Waals surface area contributed by atoms with Gasteiger partial charge in [-0.1, -0.05) is 37.3 Å². The Balaban J connectivity index is 2.11. The van der Waals surface area contributed by atoms with Crippen molar-refractivity contribution < 1.29 is 8.78 Å². The first-order valence-electron chi connectivity index (χ1n) is 7.07. The molecule has 2 aromatic carbocycles. The van der Waals surface area contributed by atoms with Gasteiger partial charge in [0.15, 0.2) is 11.6 Å². The van der Waals surface area contributed by atoms with Crippen molar-refractivity contribution >= 4 is 0 Å². The molecule has 0 radical (unpaired) electrons. The van der Waals surface area contributed by atoms with Gasteiger partial charge in [0, 0.05) is 19.6 Å². The molecular formula is C17H20F2N2. The van der Waals surface area contributed by atoms with Crippen molar-refractivity contribution in [3.8, 4) is 0 Å². The Morgan fingerprint density at radius 1 is 0.952 bits per heavy atom. The molecule has 0 aliphatic carbocycles. The van der Waals surface area contributed by atoms with Gasteiger partial charge < -0.3 is 5.73 Å². The fourth-order valence-corrected chi connectivity index (χ4v) is 2.33. The van der Waals surface area contributed by atoms with Gasteiger partial charge >= 0.3 is 0 Å². The number of nitrogens with zero attached hydrogens (tertiary/aromatic N) is 1. The molecule has 0 aliphatic heterocycles. The molecule has 2 N–H and O–H groups in total. The van der Waals surface area contributed by atoms with Crippen LogP contribution in [0.15, 0.2) is 42.5 Å². The summed E-state index contributed by atoms with van der Waals surface area (Å²) in [5, 5.41) is 0. The first kappa shape index (κ1) is 15.6. The lowest BCUT2D eigenvalue weighted by atomic mass is 10.1. The minimum Gasteiger partial charge on any atom is -0.326 e. The highest BCUT2D eigenvalue weighted by molar-refractivity contribution is 5.27. The van der Waals surface area contributed by atoms with Gasteiger partial charge in [0.05, 0.1) is 0 Å². The summed E-state index contributed by atoms with van der Waals surface area (Å²) in [6, 6.07) is 12.1. The summed E-state index contributed by atoms with van der Waals surface area (Å²) in [5.74, 6) is -1.61. The van der Waals surface area contributed by atoms with Crippen LogP contribution in [0.2, 0.25) is 0 Å². The lowest BCUT2D eigenvalue weighted by Gasteiger charge is -2.22. The van der Waals surface area contributed by atoms with Gasteiger partial charge in [-0.25, -0.2) is 8.78 Å². The van der Waals surface area contributed by atoms with Crippen molar-refractivity contribution in [2.45, 2.75) is 26.6 Å². The molecule has 4 heteroatoms. The molecule has 0 saturated heterocycles. The number of hydrogen-bond acceptors (Lipinski definition) is 2. The van der Waals surface area contributed by atoms with E-state index in [1.54, 1.807) is 6.07 Å². The van der Waals surface area contributed by atoms with E-state index in [-0.39, 0.29) is 0 Å². The molecule has 2 rings (SSSR count). The Hall–Kier alpha value is -1.78. The molecule has 0 unspecified atom stereocenters. The van der Waals surface area contributed by atoms with Crippen molar-refractivity contribution in [3.63, 3.8) is 0 Å². The lowest BCUT2D eigenvalue weighted by molar-refractivity contribution is 0.270. The second-order valence-electron chi connectivity index (χ2n) is 5.02. The lowest BCUT2D eigenvalue weighted by Crippen LogP contribution is -2.23. The maximum absolute atomic E-state index is 13.3. The second-order valence-corrected chi connectivity index (χ2v) is 5.02. The number of halogens is 2. The molecule has 0 heterocycles. The molecule has 0 aromatic heterocycles. The summed E-state index contributed by atoms with van der Waals surface area (Å²) in [6.45, 7) is 4.68. The van der Waals surface area contributed by atoms with Crippen LogP contribution in [-0.2, 0) is 19.6 Å². The van der Waals surface area contributed by atoms with E-state index in [1.807, 2.05) is 25.1 Å². The molecule has 0 amide bonds. The Labute approximate surface area is 124 Å². The van der Waals surface area contributed by atoms with E-state index >= 15 is 0 Å². The first-order valence-corrected chi connectivity index (χ1v) is 7.07. The Morgan fingerprint density at radius 2 is 1.67 bits per heavy atom. The second kappa shape index (κ2) is 7.29. The van der Waals surface area contributed by atoms with Crippen molar-refractivity contribution in [1.29, 1.82) is 0 Å². The molecular weight excluding hydrogens is 270 g/mol. The minimum atomic E-state index is -0.810. The highest BCUT2D eigenvalue weighted by Gasteiger charge is 2.09. The highest BCUT2D eigenvalue weighted by Crippen LogP contribution is 2.15. The van der Waals surface area contributed by atoms with Gasteiger partial charge in [0.25, 0.3) is 0 Å². The normalized spacial score (nSPS) is 11.1. The molecule has 2 aromatic rings. The third kappa shape index (κ3) is 4.09. The summed E-state index contributed by atoms with van der Waals surface area (Å²) in [4.78, 5) is 2.17. The van der Waals surface area contributed by atoms with Crippen molar-refractivity contribution in [2.24, 2.45) is 5.73 Å². The molecule has 2 nitrogen and oxygen atoms in total. The zero-order chi connectivity index (χ0) is 15.2. The summed E-state index contributed by atoms with van der Waals surface area (Å²) < 4.78 is 26.2. The maximum atomic E-state index is 13.3. The first-order chi connectivity index (χ1) is 10.1. The highest BCUT2D eigenvalue weighted by atomic mass is 19.2. The molecule has 0 fully saturated rings. The molecule has 0 spiro atoms. The van der Waals surface area contributed by atoms with Crippen LogP contribution in [0, 0.1) is 11.6 Å². The van der Waals surface area contributed by atoms with Crippen LogP contribution in [0.4, 0.5) is 8.78 Å². The minimum absolute atomic E-state index is 0.499. The average Bonchev–Trinajstić information content (AvgIpc) is 2.50. The fraction of sp³-hybridized carbons (Fsp3) is 0.294. The summed E-state index contributed by atoms with van der Waals surface area (Å²) in [7, 11) is 0. The van der Waals surface area contributed by atoms with Gasteiger partial charge in [0.1, 0.15) is 0 Å². The predicted molar refractivity (Wildman–Crippen MR) is 80.5 cm³/mol. The van der Waals surface area contributed by atoms with E-state index in [2.05, 4.69) is 11.0 Å². The van der Waals surface area contributed by atoms with Crippen LogP contribution in [0.25, 0.3) is 0 Å². The predicted octanol–water partition coefficient (Wildman–Crippen LogP) is 3.45. The van der Waals surface area contributed by atoms with E-state index in [0.717, 1.165) is 24.2 Å². The van der Waals surface area contributed by atoms with Crippen LogP contribution >= 0.6 is 0 Å². The SMILES string of the molecule is CCN(Cc1ccc(F)c(F)c1)Cc1ccccc1CN. The standard InChI is InChI=1S/C17H20F2N2/c1-2-21(11-13-7-8-16(18)17(19)9-13)12-15-6-4-3-5-14(15)10-20/h3-9H,2,10-12,20H2,1H3. The average molecular weight is 290 g/mol. The van der Waals surface area contributed by atoms with Crippen LogP contribution in [-0.4, -0.2) is 11.4 Å². The third-order valence-electron chi connectivity index (χ3n) is 3.57. The van der Waals surface area contributed by atoms with Crippen LogP contribution in [0.1, 0.15) is 23.6 Å². The van der Waals surface area contributed by atoms with E-state index in [0.29, 0.717) is 13.1 Å². The van der Waals surface area contributed by atoms with E-state index in [4.69, 9.17) is 5.73 Å². The van der Waals surface area contributed by atoms with Crippen LogP contribution in [0.3, 0.4) is 0 Å². The van der Waals surface area contributed by atoms with Crippen molar-refractivity contribution in [3.05, 3.63) is 70.8 Å². The van der Waals surface area contributed by atoms with Crippen LogP contribution in [0.5, 0.6) is 0 Å². The zero-order valence-electron chi connectivity index (χ0n) is 12.2. The van der Waals surface area contributed by atoms with Crippen LogP contribution < -0.4 is 5.73 Å². The third-order valence-corrected chi connectivity index (χ3v) is 3.57. The topological polar surface area (TPSA) is 29.3 Å². The summed E-state index contributed by atoms with van der Waals surface area (Å²) in [5.41, 5.74) is 8.79. The smallest absolute Gasteiger partial charge is 0.159 e. The van der Waals surface area contributed by atoms with Crippen molar-refractivity contribution in [2.75, 3.05) is 6.54 Å². The molecule has 0 aliphatic rings. The number of nitrogens with two attached hydrogens (primary N) is 1. The van der Waals surface area contributed by atoms with Gasteiger partial charge in [-0.3, -0.25) is 4.90 Å². The van der Waals surface area contributed by atoms with Gasteiger partial charge in [-0.05, 0) is 35.4 Å². The molecule has 21 heavy (non-hydrogen) atoms. The van der Waals surface area contributed by atoms with E-state index in [1.165, 1.54) is 17.7 Å². The van der Waals surface area contributed by atoms with Gasteiger partial charge in [0.2, 0.25) is 0 Å².